The van der Waals surface area contributed by atoms with Crippen LogP contribution in [0.1, 0.15) is 41.0 Å². The Balaban J connectivity index is 3.15. The lowest BCUT2D eigenvalue weighted by Crippen LogP contribution is -2.15. The molecule has 0 aliphatic rings. The van der Waals surface area contributed by atoms with E-state index in [0.29, 0.717) is 5.41 Å². The van der Waals surface area contributed by atoms with Crippen LogP contribution in [-0.2, 0) is 4.74 Å². The highest BCUT2D eigenvalue weighted by atomic mass is 16.5. The summed E-state index contributed by atoms with van der Waals surface area (Å²) < 4.78 is 5.51. The molecular formula is C10H22O. The van der Waals surface area contributed by atoms with Crippen molar-refractivity contribution in [2.24, 2.45) is 11.3 Å². The number of hydrogen-bond acceptors (Lipinski definition) is 1. The van der Waals surface area contributed by atoms with E-state index in [1.54, 1.807) is 0 Å². The summed E-state index contributed by atoms with van der Waals surface area (Å²) in [5, 5.41) is 0. The van der Waals surface area contributed by atoms with E-state index in [1.165, 1.54) is 6.42 Å². The van der Waals surface area contributed by atoms with Crippen LogP contribution in [0.25, 0.3) is 0 Å². The first kappa shape index (κ1) is 11.0. The first-order valence-electron chi connectivity index (χ1n) is 4.49. The van der Waals surface area contributed by atoms with E-state index in [0.717, 1.165) is 19.1 Å². The second-order valence-electron chi connectivity index (χ2n) is 4.80. The van der Waals surface area contributed by atoms with E-state index < -0.39 is 0 Å². The Kier molecular flexibility index (Phi) is 4.74. The van der Waals surface area contributed by atoms with Crippen molar-refractivity contribution >= 4 is 0 Å². The van der Waals surface area contributed by atoms with Gasteiger partial charge in [0.2, 0.25) is 0 Å². The van der Waals surface area contributed by atoms with Crippen molar-refractivity contribution in [1.82, 2.24) is 0 Å². The van der Waals surface area contributed by atoms with Gasteiger partial charge in [-0.05, 0) is 17.8 Å². The minimum absolute atomic E-state index is 0.316. The molecule has 0 fully saturated rings. The predicted molar refractivity (Wildman–Crippen MR) is 49.7 cm³/mol. The molecule has 0 aliphatic heterocycles. The van der Waals surface area contributed by atoms with Crippen molar-refractivity contribution in [3.8, 4) is 0 Å². The van der Waals surface area contributed by atoms with Gasteiger partial charge in [0, 0.05) is 6.61 Å². The molecule has 68 valence electrons. The lowest BCUT2D eigenvalue weighted by molar-refractivity contribution is 0.0646. The van der Waals surface area contributed by atoms with Gasteiger partial charge >= 0.3 is 0 Å². The zero-order valence-electron chi connectivity index (χ0n) is 8.61. The van der Waals surface area contributed by atoms with Gasteiger partial charge in [-0.1, -0.05) is 34.6 Å². The summed E-state index contributed by atoms with van der Waals surface area (Å²) in [6, 6.07) is 0. The third-order valence-corrected chi connectivity index (χ3v) is 1.37. The van der Waals surface area contributed by atoms with Gasteiger partial charge in [-0.15, -0.1) is 0 Å². The molecule has 0 saturated carbocycles. The van der Waals surface area contributed by atoms with E-state index in [2.05, 4.69) is 34.6 Å². The molecule has 0 N–H and O–H groups in total. The van der Waals surface area contributed by atoms with Crippen LogP contribution in [0.15, 0.2) is 0 Å². The van der Waals surface area contributed by atoms with Crippen LogP contribution >= 0.6 is 0 Å². The Morgan fingerprint density at radius 1 is 1.18 bits per heavy atom. The lowest BCUT2D eigenvalue weighted by Gasteiger charge is -2.18. The maximum Gasteiger partial charge on any atom is 0.0514 e. The highest BCUT2D eigenvalue weighted by Crippen LogP contribution is 2.13. The van der Waals surface area contributed by atoms with Crippen LogP contribution in [0, 0.1) is 11.3 Å². The maximum absolute atomic E-state index is 5.51. The first-order chi connectivity index (χ1) is 4.92. The fourth-order valence-corrected chi connectivity index (χ4v) is 0.697. The quantitative estimate of drug-likeness (QED) is 0.571. The zero-order chi connectivity index (χ0) is 8.91. The van der Waals surface area contributed by atoms with Crippen LogP contribution in [0.5, 0.6) is 0 Å². The monoisotopic (exact) mass is 158 g/mol. The Hall–Kier alpha value is -0.0400. The normalized spacial score (nSPS) is 12.5. The Labute approximate surface area is 71.1 Å². The summed E-state index contributed by atoms with van der Waals surface area (Å²) in [6.07, 6.45) is 1.18. The molecule has 0 radical (unpaired) electrons. The number of ether oxygens (including phenoxy) is 1. The highest BCUT2D eigenvalue weighted by Gasteiger charge is 2.09. The molecule has 0 atom stereocenters. The Morgan fingerprint density at radius 2 is 1.73 bits per heavy atom. The molecule has 0 amide bonds. The third-order valence-electron chi connectivity index (χ3n) is 1.37. The average Bonchev–Trinajstić information content (AvgIpc) is 1.78. The summed E-state index contributed by atoms with van der Waals surface area (Å²) in [6.45, 7) is 12.8. The molecule has 0 aromatic rings. The van der Waals surface area contributed by atoms with Crippen LogP contribution in [0.3, 0.4) is 0 Å². The largest absolute Gasteiger partial charge is 0.381 e. The second kappa shape index (κ2) is 4.76. The SMILES string of the molecule is CC(C)CCOCC(C)(C)C. The minimum Gasteiger partial charge on any atom is -0.381 e. The topological polar surface area (TPSA) is 9.23 Å². The van der Waals surface area contributed by atoms with Crippen LogP contribution in [-0.4, -0.2) is 13.2 Å². The molecule has 0 unspecified atom stereocenters. The third kappa shape index (κ3) is 9.96. The highest BCUT2D eigenvalue weighted by molar-refractivity contribution is 4.58. The summed E-state index contributed by atoms with van der Waals surface area (Å²) >= 11 is 0. The average molecular weight is 158 g/mol. The summed E-state index contributed by atoms with van der Waals surface area (Å²) in [7, 11) is 0. The van der Waals surface area contributed by atoms with Gasteiger partial charge in [0.05, 0.1) is 6.61 Å². The van der Waals surface area contributed by atoms with Crippen molar-refractivity contribution in [2.75, 3.05) is 13.2 Å². The van der Waals surface area contributed by atoms with Gasteiger partial charge in [-0.2, -0.15) is 0 Å². The molecule has 0 heterocycles. The van der Waals surface area contributed by atoms with Crippen LogP contribution < -0.4 is 0 Å². The summed E-state index contributed by atoms with van der Waals surface area (Å²) in [4.78, 5) is 0. The summed E-state index contributed by atoms with van der Waals surface area (Å²) in [5.41, 5.74) is 0.316. The molecule has 1 heteroatoms. The zero-order valence-corrected chi connectivity index (χ0v) is 8.61. The number of hydrogen-bond donors (Lipinski definition) is 0. The van der Waals surface area contributed by atoms with Crippen LogP contribution in [0.4, 0.5) is 0 Å². The molecule has 0 spiro atoms. The van der Waals surface area contributed by atoms with Gasteiger partial charge < -0.3 is 4.74 Å². The lowest BCUT2D eigenvalue weighted by atomic mass is 9.99. The van der Waals surface area contributed by atoms with Gasteiger partial charge in [0.1, 0.15) is 0 Å². The van der Waals surface area contributed by atoms with Gasteiger partial charge in [0.25, 0.3) is 0 Å². The second-order valence-corrected chi connectivity index (χ2v) is 4.80. The molecule has 0 rings (SSSR count). The van der Waals surface area contributed by atoms with Crippen molar-refractivity contribution < 1.29 is 4.74 Å². The molecule has 0 aromatic heterocycles. The molecular weight excluding hydrogens is 136 g/mol. The van der Waals surface area contributed by atoms with Gasteiger partial charge in [-0.3, -0.25) is 0 Å². The standard InChI is InChI=1S/C10H22O/c1-9(2)6-7-11-8-10(3,4)5/h9H,6-8H2,1-5H3. The fourth-order valence-electron chi connectivity index (χ4n) is 0.697. The molecule has 0 bridgehead atoms. The molecule has 0 aromatic carbocycles. The van der Waals surface area contributed by atoms with Gasteiger partial charge in [-0.25, -0.2) is 0 Å². The minimum atomic E-state index is 0.316. The van der Waals surface area contributed by atoms with Crippen molar-refractivity contribution in [3.63, 3.8) is 0 Å². The fraction of sp³-hybridized carbons (Fsp3) is 1.00. The predicted octanol–water partition coefficient (Wildman–Crippen LogP) is 3.10. The van der Waals surface area contributed by atoms with E-state index >= 15 is 0 Å². The molecule has 0 aliphatic carbocycles. The van der Waals surface area contributed by atoms with E-state index in [-0.39, 0.29) is 0 Å². The first-order valence-corrected chi connectivity index (χ1v) is 4.49. The van der Waals surface area contributed by atoms with Crippen molar-refractivity contribution in [3.05, 3.63) is 0 Å². The Morgan fingerprint density at radius 3 is 2.09 bits per heavy atom. The van der Waals surface area contributed by atoms with Crippen molar-refractivity contribution in [1.29, 1.82) is 0 Å². The molecule has 0 saturated heterocycles. The van der Waals surface area contributed by atoms with E-state index in [9.17, 15) is 0 Å². The molecule has 1 nitrogen and oxygen atoms in total. The number of rotatable bonds is 4. The van der Waals surface area contributed by atoms with E-state index in [4.69, 9.17) is 4.74 Å². The summed E-state index contributed by atoms with van der Waals surface area (Å²) in [5.74, 6) is 0.759. The smallest absolute Gasteiger partial charge is 0.0514 e. The van der Waals surface area contributed by atoms with Crippen molar-refractivity contribution in [2.45, 2.75) is 41.0 Å². The molecule has 11 heavy (non-hydrogen) atoms. The van der Waals surface area contributed by atoms with Crippen LogP contribution in [0.2, 0.25) is 0 Å². The van der Waals surface area contributed by atoms with E-state index in [1.807, 2.05) is 0 Å². The van der Waals surface area contributed by atoms with Gasteiger partial charge in [0.15, 0.2) is 0 Å². The maximum atomic E-state index is 5.51. The Bertz CT molecular complexity index is 89.5.